The summed E-state index contributed by atoms with van der Waals surface area (Å²) in [6, 6.07) is 7.37. The summed E-state index contributed by atoms with van der Waals surface area (Å²) in [4.78, 5) is 17.5. The highest BCUT2D eigenvalue weighted by Crippen LogP contribution is 2.33. The summed E-state index contributed by atoms with van der Waals surface area (Å²) in [7, 11) is 1.86. The Hall–Kier alpha value is -2.18. The third-order valence-corrected chi connectivity index (χ3v) is 4.53. The highest BCUT2D eigenvalue weighted by atomic mass is 35.5. The van der Waals surface area contributed by atoms with Gasteiger partial charge in [0.25, 0.3) is 0 Å². The number of pyridine rings is 1. The van der Waals surface area contributed by atoms with Crippen molar-refractivity contribution in [3.8, 4) is 10.6 Å². The third-order valence-electron chi connectivity index (χ3n) is 3.29. The molecular formula is C16H15ClN4OS. The Labute approximate surface area is 142 Å². The summed E-state index contributed by atoms with van der Waals surface area (Å²) in [5, 5.41) is 7.03. The van der Waals surface area contributed by atoms with Crippen molar-refractivity contribution >= 4 is 34.5 Å². The Morgan fingerprint density at radius 2 is 2.26 bits per heavy atom. The maximum atomic E-state index is 12.2. The van der Waals surface area contributed by atoms with Crippen molar-refractivity contribution in [2.24, 2.45) is 7.05 Å². The molecular weight excluding hydrogens is 332 g/mol. The second kappa shape index (κ2) is 6.93. The van der Waals surface area contributed by atoms with E-state index in [2.05, 4.69) is 15.4 Å². The minimum absolute atomic E-state index is 0.0502. The van der Waals surface area contributed by atoms with Crippen LogP contribution in [0.15, 0.2) is 42.9 Å². The van der Waals surface area contributed by atoms with E-state index >= 15 is 0 Å². The zero-order chi connectivity index (χ0) is 16.2. The Balaban J connectivity index is 1.69. The number of aromatic nitrogens is 3. The maximum Gasteiger partial charge on any atom is 0.224 e. The number of amides is 1. The highest BCUT2D eigenvalue weighted by Gasteiger charge is 2.12. The Morgan fingerprint density at radius 3 is 2.96 bits per heavy atom. The highest BCUT2D eigenvalue weighted by molar-refractivity contribution is 7.19. The standard InChI is InChI=1S/C16H15ClN4OS/c1-21-10-11(9-19-21)4-7-15(22)20-12-3-2-8-18-16(12)13-5-6-14(17)23-13/h2-3,5-6,8-10H,4,7H2,1H3,(H,20,22). The van der Waals surface area contributed by atoms with Crippen LogP contribution in [-0.2, 0) is 18.3 Å². The molecule has 23 heavy (non-hydrogen) atoms. The van der Waals surface area contributed by atoms with Crippen LogP contribution in [0.25, 0.3) is 10.6 Å². The summed E-state index contributed by atoms with van der Waals surface area (Å²) < 4.78 is 2.42. The molecule has 1 amide bonds. The molecule has 5 nitrogen and oxygen atoms in total. The lowest BCUT2D eigenvalue weighted by Crippen LogP contribution is -2.13. The van der Waals surface area contributed by atoms with Gasteiger partial charge in [0.05, 0.1) is 21.1 Å². The van der Waals surface area contributed by atoms with Crippen LogP contribution in [0.3, 0.4) is 0 Å². The molecule has 0 saturated carbocycles. The van der Waals surface area contributed by atoms with Gasteiger partial charge in [-0.1, -0.05) is 11.6 Å². The number of thiophene rings is 1. The maximum absolute atomic E-state index is 12.2. The zero-order valence-electron chi connectivity index (χ0n) is 12.5. The molecule has 0 saturated heterocycles. The molecule has 3 aromatic rings. The Bertz CT molecular complexity index is 827. The van der Waals surface area contributed by atoms with Crippen LogP contribution in [0.4, 0.5) is 5.69 Å². The molecule has 7 heteroatoms. The zero-order valence-corrected chi connectivity index (χ0v) is 14.1. The molecule has 0 atom stereocenters. The molecule has 3 rings (SSSR count). The van der Waals surface area contributed by atoms with E-state index in [9.17, 15) is 4.79 Å². The van der Waals surface area contributed by atoms with Gasteiger partial charge in [-0.05, 0) is 36.2 Å². The van der Waals surface area contributed by atoms with Crippen molar-refractivity contribution < 1.29 is 4.79 Å². The first kappa shape index (κ1) is 15.7. The number of carbonyl (C=O) groups is 1. The molecule has 0 aliphatic carbocycles. The van der Waals surface area contributed by atoms with Crippen LogP contribution in [0.1, 0.15) is 12.0 Å². The summed E-state index contributed by atoms with van der Waals surface area (Å²) in [5.41, 5.74) is 2.47. The molecule has 0 fully saturated rings. The van der Waals surface area contributed by atoms with Gasteiger partial charge in [-0.3, -0.25) is 14.5 Å². The lowest BCUT2D eigenvalue weighted by molar-refractivity contribution is -0.116. The first-order valence-corrected chi connectivity index (χ1v) is 8.29. The van der Waals surface area contributed by atoms with E-state index in [0.29, 0.717) is 22.9 Å². The normalized spacial score (nSPS) is 10.7. The van der Waals surface area contributed by atoms with Crippen LogP contribution >= 0.6 is 22.9 Å². The first-order valence-electron chi connectivity index (χ1n) is 7.10. The van der Waals surface area contributed by atoms with Crippen LogP contribution in [0.2, 0.25) is 4.34 Å². The van der Waals surface area contributed by atoms with Crippen LogP contribution in [0.5, 0.6) is 0 Å². The number of nitrogens with one attached hydrogen (secondary N) is 1. The number of carbonyl (C=O) groups excluding carboxylic acids is 1. The predicted molar refractivity (Wildman–Crippen MR) is 92.7 cm³/mol. The molecule has 0 bridgehead atoms. The fourth-order valence-electron chi connectivity index (χ4n) is 2.22. The number of halogens is 1. The van der Waals surface area contributed by atoms with E-state index in [1.807, 2.05) is 31.4 Å². The fourth-order valence-corrected chi connectivity index (χ4v) is 3.27. The molecule has 0 spiro atoms. The third kappa shape index (κ3) is 3.97. The van der Waals surface area contributed by atoms with E-state index < -0.39 is 0 Å². The van der Waals surface area contributed by atoms with Crippen molar-refractivity contribution in [3.05, 3.63) is 52.8 Å². The van der Waals surface area contributed by atoms with E-state index in [-0.39, 0.29) is 5.91 Å². The number of anilines is 1. The molecule has 3 heterocycles. The summed E-state index contributed by atoms with van der Waals surface area (Å²) in [6.45, 7) is 0. The topological polar surface area (TPSA) is 59.8 Å². The minimum atomic E-state index is -0.0502. The average molecular weight is 347 g/mol. The molecule has 1 N–H and O–H groups in total. The van der Waals surface area contributed by atoms with Crippen LogP contribution in [0, 0.1) is 0 Å². The molecule has 0 unspecified atom stereocenters. The molecule has 3 aromatic heterocycles. The monoisotopic (exact) mass is 346 g/mol. The fraction of sp³-hybridized carbons (Fsp3) is 0.188. The summed E-state index contributed by atoms with van der Waals surface area (Å²) >= 11 is 7.42. The molecule has 0 aliphatic heterocycles. The van der Waals surface area contributed by atoms with Crippen molar-refractivity contribution in [1.82, 2.24) is 14.8 Å². The van der Waals surface area contributed by atoms with Crippen molar-refractivity contribution in [1.29, 1.82) is 0 Å². The van der Waals surface area contributed by atoms with Gasteiger partial charge in [0.2, 0.25) is 5.91 Å². The number of aryl methyl sites for hydroxylation is 2. The van der Waals surface area contributed by atoms with Crippen molar-refractivity contribution in [3.63, 3.8) is 0 Å². The second-order valence-electron chi connectivity index (χ2n) is 5.07. The summed E-state index contributed by atoms with van der Waals surface area (Å²) in [6.07, 6.45) is 6.44. The van der Waals surface area contributed by atoms with E-state index in [1.165, 1.54) is 11.3 Å². The second-order valence-corrected chi connectivity index (χ2v) is 6.79. The minimum Gasteiger partial charge on any atom is -0.324 e. The number of rotatable bonds is 5. The van der Waals surface area contributed by atoms with Gasteiger partial charge in [-0.2, -0.15) is 5.10 Å². The van der Waals surface area contributed by atoms with Gasteiger partial charge in [0, 0.05) is 25.9 Å². The number of hydrogen-bond acceptors (Lipinski definition) is 4. The van der Waals surface area contributed by atoms with Gasteiger partial charge in [-0.15, -0.1) is 11.3 Å². The van der Waals surface area contributed by atoms with Gasteiger partial charge < -0.3 is 5.32 Å². The molecule has 0 aliphatic rings. The quantitative estimate of drug-likeness (QED) is 0.765. The van der Waals surface area contributed by atoms with Gasteiger partial charge >= 0.3 is 0 Å². The molecule has 118 valence electrons. The largest absolute Gasteiger partial charge is 0.324 e. The number of hydrogen-bond donors (Lipinski definition) is 1. The SMILES string of the molecule is Cn1cc(CCC(=O)Nc2cccnc2-c2ccc(Cl)s2)cn1. The average Bonchev–Trinajstić information content (AvgIpc) is 3.14. The number of nitrogens with zero attached hydrogens (tertiary/aromatic N) is 3. The molecule has 0 aromatic carbocycles. The summed E-state index contributed by atoms with van der Waals surface area (Å²) in [5.74, 6) is -0.0502. The molecule has 0 radical (unpaired) electrons. The Morgan fingerprint density at radius 1 is 1.39 bits per heavy atom. The first-order chi connectivity index (χ1) is 11.1. The van der Waals surface area contributed by atoms with Crippen molar-refractivity contribution in [2.75, 3.05) is 5.32 Å². The van der Waals surface area contributed by atoms with E-state index in [4.69, 9.17) is 11.6 Å². The lowest BCUT2D eigenvalue weighted by atomic mass is 10.2. The Kier molecular flexibility index (Phi) is 4.73. The van der Waals surface area contributed by atoms with Crippen LogP contribution in [-0.4, -0.2) is 20.7 Å². The van der Waals surface area contributed by atoms with E-state index in [1.54, 1.807) is 23.1 Å². The predicted octanol–water partition coefficient (Wildman–Crippen LogP) is 3.77. The smallest absolute Gasteiger partial charge is 0.224 e. The van der Waals surface area contributed by atoms with Crippen molar-refractivity contribution in [2.45, 2.75) is 12.8 Å². The van der Waals surface area contributed by atoms with Gasteiger partial charge in [0.15, 0.2) is 0 Å². The van der Waals surface area contributed by atoms with Gasteiger partial charge in [-0.25, -0.2) is 0 Å². The van der Waals surface area contributed by atoms with E-state index in [0.717, 1.165) is 16.1 Å². The van der Waals surface area contributed by atoms with Crippen LogP contribution < -0.4 is 5.32 Å². The van der Waals surface area contributed by atoms with Gasteiger partial charge in [0.1, 0.15) is 5.69 Å². The lowest BCUT2D eigenvalue weighted by Gasteiger charge is -2.08.